The lowest BCUT2D eigenvalue weighted by Gasteiger charge is -2.26. The number of amides is 1. The first-order valence-electron chi connectivity index (χ1n) is 8.32. The maximum atomic E-state index is 12.2. The average Bonchev–Trinajstić information content (AvgIpc) is 2.69. The number of nitrogens with zero attached hydrogens (tertiary/aromatic N) is 3. The summed E-state index contributed by atoms with van der Waals surface area (Å²) < 4.78 is 10.4. The number of morpholine rings is 1. The molecule has 1 amide bonds. The van der Waals surface area contributed by atoms with Crippen molar-refractivity contribution in [2.45, 2.75) is 6.42 Å². The Balaban J connectivity index is 1.48. The molecule has 132 valence electrons. The van der Waals surface area contributed by atoms with Gasteiger partial charge in [0.05, 0.1) is 25.9 Å². The molecule has 25 heavy (non-hydrogen) atoms. The Hall–Kier alpha value is -2.67. The molecule has 0 radical (unpaired) electrons. The van der Waals surface area contributed by atoms with Crippen LogP contribution in [0.5, 0.6) is 5.75 Å². The summed E-state index contributed by atoms with van der Waals surface area (Å²) in [5.74, 6) is 1.30. The number of benzene rings is 1. The lowest BCUT2D eigenvalue weighted by atomic mass is 10.1. The molecule has 3 rings (SSSR count). The molecule has 1 aliphatic rings. The predicted molar refractivity (Wildman–Crippen MR) is 94.1 cm³/mol. The van der Waals surface area contributed by atoms with Crippen LogP contribution in [0.3, 0.4) is 0 Å². The first kappa shape index (κ1) is 17.2. The van der Waals surface area contributed by atoms with Crippen molar-refractivity contribution in [1.29, 1.82) is 0 Å². The minimum atomic E-state index is -0.165. The van der Waals surface area contributed by atoms with Crippen LogP contribution >= 0.6 is 0 Å². The zero-order valence-corrected chi connectivity index (χ0v) is 14.3. The van der Waals surface area contributed by atoms with E-state index in [4.69, 9.17) is 9.47 Å². The highest BCUT2D eigenvalue weighted by Crippen LogP contribution is 2.12. The molecule has 7 nitrogen and oxygen atoms in total. The quantitative estimate of drug-likeness (QED) is 0.853. The van der Waals surface area contributed by atoms with Gasteiger partial charge in [-0.25, -0.2) is 9.97 Å². The van der Waals surface area contributed by atoms with Gasteiger partial charge in [-0.15, -0.1) is 0 Å². The van der Waals surface area contributed by atoms with Gasteiger partial charge in [0.25, 0.3) is 5.91 Å². The summed E-state index contributed by atoms with van der Waals surface area (Å²) in [6, 6.07) is 7.81. The van der Waals surface area contributed by atoms with Crippen LogP contribution in [0.4, 0.5) is 5.95 Å². The molecule has 0 unspecified atom stereocenters. The van der Waals surface area contributed by atoms with Crippen molar-refractivity contribution < 1.29 is 14.3 Å². The first-order valence-corrected chi connectivity index (χ1v) is 8.32. The summed E-state index contributed by atoms with van der Waals surface area (Å²) in [4.78, 5) is 22.8. The van der Waals surface area contributed by atoms with Crippen LogP contribution < -0.4 is 15.0 Å². The van der Waals surface area contributed by atoms with E-state index in [0.29, 0.717) is 31.3 Å². The topological polar surface area (TPSA) is 76.6 Å². The van der Waals surface area contributed by atoms with Gasteiger partial charge in [0.15, 0.2) is 0 Å². The van der Waals surface area contributed by atoms with Crippen LogP contribution in [-0.2, 0) is 11.2 Å². The van der Waals surface area contributed by atoms with E-state index in [9.17, 15) is 4.79 Å². The Morgan fingerprint density at radius 1 is 1.20 bits per heavy atom. The minimum absolute atomic E-state index is 0.165. The monoisotopic (exact) mass is 342 g/mol. The fourth-order valence-electron chi connectivity index (χ4n) is 2.58. The lowest BCUT2D eigenvalue weighted by Crippen LogP contribution is -2.37. The first-order chi connectivity index (χ1) is 12.3. The highest BCUT2D eigenvalue weighted by Gasteiger charge is 2.14. The number of ether oxygens (including phenoxy) is 2. The maximum Gasteiger partial charge on any atom is 0.254 e. The summed E-state index contributed by atoms with van der Waals surface area (Å²) >= 11 is 0. The van der Waals surface area contributed by atoms with Crippen molar-refractivity contribution in [3.05, 3.63) is 47.8 Å². The normalized spacial score (nSPS) is 14.2. The van der Waals surface area contributed by atoms with Crippen LogP contribution in [0.25, 0.3) is 0 Å². The number of anilines is 1. The number of methoxy groups -OCH3 is 1. The second-order valence-electron chi connectivity index (χ2n) is 5.73. The molecular weight excluding hydrogens is 320 g/mol. The minimum Gasteiger partial charge on any atom is -0.497 e. The van der Waals surface area contributed by atoms with Gasteiger partial charge in [-0.2, -0.15) is 0 Å². The third kappa shape index (κ3) is 4.67. The fraction of sp³-hybridized carbons (Fsp3) is 0.389. The fourth-order valence-corrected chi connectivity index (χ4v) is 2.58. The highest BCUT2D eigenvalue weighted by molar-refractivity contribution is 5.93. The van der Waals surface area contributed by atoms with Gasteiger partial charge >= 0.3 is 0 Å². The number of carbonyl (C=O) groups excluding carboxylic acids is 1. The van der Waals surface area contributed by atoms with Crippen molar-refractivity contribution in [1.82, 2.24) is 15.3 Å². The largest absolute Gasteiger partial charge is 0.497 e. The van der Waals surface area contributed by atoms with Gasteiger partial charge in [0.2, 0.25) is 5.95 Å². The average molecular weight is 342 g/mol. The van der Waals surface area contributed by atoms with E-state index in [2.05, 4.69) is 20.2 Å². The van der Waals surface area contributed by atoms with Crippen LogP contribution in [0.2, 0.25) is 0 Å². The standard InChI is InChI=1S/C18H22N4O3/c1-24-16-4-2-14(3-5-16)6-7-19-17(23)15-12-20-18(21-13-15)22-8-10-25-11-9-22/h2-5,12-13H,6-11H2,1H3,(H,19,23). The molecule has 1 aromatic carbocycles. The molecule has 1 aromatic heterocycles. The third-order valence-electron chi connectivity index (χ3n) is 4.05. The molecular formula is C18H22N4O3. The van der Waals surface area contributed by atoms with Crippen molar-refractivity contribution in [2.24, 2.45) is 0 Å². The zero-order valence-electron chi connectivity index (χ0n) is 14.3. The van der Waals surface area contributed by atoms with E-state index >= 15 is 0 Å². The van der Waals surface area contributed by atoms with E-state index in [1.807, 2.05) is 24.3 Å². The molecule has 1 N–H and O–H groups in total. The molecule has 0 spiro atoms. The molecule has 2 heterocycles. The van der Waals surface area contributed by atoms with Gasteiger partial charge < -0.3 is 19.7 Å². The molecule has 0 saturated carbocycles. The van der Waals surface area contributed by atoms with Crippen molar-refractivity contribution in [2.75, 3.05) is 44.9 Å². The Morgan fingerprint density at radius 2 is 1.88 bits per heavy atom. The molecule has 0 bridgehead atoms. The van der Waals surface area contributed by atoms with Crippen molar-refractivity contribution in [3.63, 3.8) is 0 Å². The van der Waals surface area contributed by atoms with Crippen LogP contribution in [-0.4, -0.2) is 55.8 Å². The highest BCUT2D eigenvalue weighted by atomic mass is 16.5. The van der Waals surface area contributed by atoms with Gasteiger partial charge in [-0.3, -0.25) is 4.79 Å². The molecule has 2 aromatic rings. The summed E-state index contributed by atoms with van der Waals surface area (Å²) in [7, 11) is 1.64. The predicted octanol–water partition coefficient (Wildman–Crippen LogP) is 1.29. The third-order valence-corrected chi connectivity index (χ3v) is 4.05. The number of carbonyl (C=O) groups is 1. The lowest BCUT2D eigenvalue weighted by molar-refractivity contribution is 0.0953. The molecule has 7 heteroatoms. The molecule has 1 fully saturated rings. The maximum absolute atomic E-state index is 12.2. The second-order valence-corrected chi connectivity index (χ2v) is 5.73. The Morgan fingerprint density at radius 3 is 2.52 bits per heavy atom. The van der Waals surface area contributed by atoms with E-state index < -0.39 is 0 Å². The van der Waals surface area contributed by atoms with Gasteiger partial charge in [0, 0.05) is 32.0 Å². The second kappa shape index (κ2) is 8.43. The Labute approximate surface area is 147 Å². The molecule has 1 saturated heterocycles. The Kier molecular flexibility index (Phi) is 5.79. The molecule has 0 aliphatic carbocycles. The van der Waals surface area contributed by atoms with E-state index in [1.54, 1.807) is 19.5 Å². The smallest absolute Gasteiger partial charge is 0.254 e. The number of aromatic nitrogens is 2. The van der Waals surface area contributed by atoms with Gasteiger partial charge in [0.1, 0.15) is 5.75 Å². The van der Waals surface area contributed by atoms with Crippen LogP contribution in [0.1, 0.15) is 15.9 Å². The Bertz CT molecular complexity index is 682. The summed E-state index contributed by atoms with van der Waals surface area (Å²) in [6.45, 7) is 3.45. The van der Waals surface area contributed by atoms with E-state index in [-0.39, 0.29) is 5.91 Å². The molecule has 1 aliphatic heterocycles. The summed E-state index contributed by atoms with van der Waals surface area (Å²) in [6.07, 6.45) is 3.89. The molecule has 0 atom stereocenters. The van der Waals surface area contributed by atoms with E-state index in [0.717, 1.165) is 30.8 Å². The zero-order chi connectivity index (χ0) is 17.5. The van der Waals surface area contributed by atoms with Crippen LogP contribution in [0.15, 0.2) is 36.7 Å². The summed E-state index contributed by atoms with van der Waals surface area (Å²) in [5.41, 5.74) is 1.60. The SMILES string of the molecule is COc1ccc(CCNC(=O)c2cnc(N3CCOCC3)nc2)cc1. The van der Waals surface area contributed by atoms with Crippen LogP contribution in [0, 0.1) is 0 Å². The number of nitrogens with one attached hydrogen (secondary N) is 1. The van der Waals surface area contributed by atoms with Gasteiger partial charge in [-0.05, 0) is 24.1 Å². The van der Waals surface area contributed by atoms with Crippen molar-refractivity contribution in [3.8, 4) is 5.75 Å². The summed E-state index contributed by atoms with van der Waals surface area (Å²) in [5, 5.41) is 2.89. The van der Waals surface area contributed by atoms with Gasteiger partial charge in [-0.1, -0.05) is 12.1 Å². The van der Waals surface area contributed by atoms with Crippen molar-refractivity contribution >= 4 is 11.9 Å². The number of rotatable bonds is 6. The number of hydrogen-bond donors (Lipinski definition) is 1. The van der Waals surface area contributed by atoms with E-state index in [1.165, 1.54) is 0 Å². The number of hydrogen-bond acceptors (Lipinski definition) is 6.